The summed E-state index contributed by atoms with van der Waals surface area (Å²) in [6, 6.07) is 4.92. The van der Waals surface area contributed by atoms with Gasteiger partial charge in [0.1, 0.15) is 0 Å². The molecule has 2 rings (SSSR count). The van der Waals surface area contributed by atoms with Crippen LogP contribution in [0.1, 0.15) is 17.7 Å². The summed E-state index contributed by atoms with van der Waals surface area (Å²) >= 11 is 5.31. The van der Waals surface area contributed by atoms with E-state index in [9.17, 15) is 0 Å². The van der Waals surface area contributed by atoms with Crippen LogP contribution in [0.2, 0.25) is 0 Å². The van der Waals surface area contributed by atoms with E-state index in [1.54, 1.807) is 0 Å². The van der Waals surface area contributed by atoms with Crippen LogP contribution in [-0.4, -0.2) is 24.0 Å². The lowest BCUT2D eigenvalue weighted by Crippen LogP contribution is -2.34. The van der Waals surface area contributed by atoms with Crippen LogP contribution in [0.3, 0.4) is 0 Å². The smallest absolute Gasteiger partial charge is 0.0701 e. The van der Waals surface area contributed by atoms with Crippen molar-refractivity contribution < 1.29 is 0 Å². The van der Waals surface area contributed by atoms with Crippen LogP contribution in [-0.2, 0) is 6.54 Å². The molecule has 1 unspecified atom stereocenters. The first-order chi connectivity index (χ1) is 6.79. The SMILES string of the molecule is NCC1CCCN1Cc1ccc(Br)s1. The van der Waals surface area contributed by atoms with Crippen molar-refractivity contribution in [3.8, 4) is 0 Å². The van der Waals surface area contributed by atoms with Gasteiger partial charge in [0.2, 0.25) is 0 Å². The van der Waals surface area contributed by atoms with Gasteiger partial charge in [0.05, 0.1) is 3.79 Å². The molecule has 2 nitrogen and oxygen atoms in total. The van der Waals surface area contributed by atoms with Gasteiger partial charge in [-0.05, 0) is 47.4 Å². The second-order valence-corrected chi connectivity index (χ2v) is 6.26. The van der Waals surface area contributed by atoms with E-state index < -0.39 is 0 Å². The quantitative estimate of drug-likeness (QED) is 0.918. The minimum absolute atomic E-state index is 0.607. The van der Waals surface area contributed by atoms with Crippen molar-refractivity contribution in [2.24, 2.45) is 5.73 Å². The second-order valence-electron chi connectivity index (χ2n) is 3.71. The Labute approximate surface area is 97.2 Å². The van der Waals surface area contributed by atoms with Crippen molar-refractivity contribution >= 4 is 27.3 Å². The third-order valence-electron chi connectivity index (χ3n) is 2.76. The molecule has 14 heavy (non-hydrogen) atoms. The molecule has 2 heterocycles. The Morgan fingerprint density at radius 1 is 1.57 bits per heavy atom. The van der Waals surface area contributed by atoms with Gasteiger partial charge in [-0.3, -0.25) is 4.90 Å². The largest absolute Gasteiger partial charge is 0.329 e. The summed E-state index contributed by atoms with van der Waals surface area (Å²) in [5.41, 5.74) is 5.74. The van der Waals surface area contributed by atoms with Crippen LogP contribution in [0.4, 0.5) is 0 Å². The molecule has 0 spiro atoms. The number of nitrogens with two attached hydrogens (primary N) is 1. The Hall–Kier alpha value is 0.1000. The van der Waals surface area contributed by atoms with Crippen molar-refractivity contribution in [1.82, 2.24) is 4.90 Å². The average molecular weight is 275 g/mol. The second kappa shape index (κ2) is 4.75. The van der Waals surface area contributed by atoms with E-state index in [-0.39, 0.29) is 0 Å². The van der Waals surface area contributed by atoms with Crippen LogP contribution in [0.5, 0.6) is 0 Å². The Bertz CT molecular complexity index is 300. The number of hydrogen-bond donors (Lipinski definition) is 1. The van der Waals surface area contributed by atoms with E-state index >= 15 is 0 Å². The number of likely N-dealkylation sites (tertiary alicyclic amines) is 1. The topological polar surface area (TPSA) is 29.3 Å². The van der Waals surface area contributed by atoms with Crippen LogP contribution in [0, 0.1) is 0 Å². The van der Waals surface area contributed by atoms with Gasteiger partial charge in [0, 0.05) is 24.0 Å². The summed E-state index contributed by atoms with van der Waals surface area (Å²) in [6.45, 7) is 3.07. The van der Waals surface area contributed by atoms with Crippen molar-refractivity contribution in [2.75, 3.05) is 13.1 Å². The highest BCUT2D eigenvalue weighted by Gasteiger charge is 2.23. The first kappa shape index (κ1) is 10.6. The first-order valence-corrected chi connectivity index (χ1v) is 6.59. The Morgan fingerprint density at radius 2 is 2.43 bits per heavy atom. The van der Waals surface area contributed by atoms with Crippen LogP contribution in [0.25, 0.3) is 0 Å². The maximum Gasteiger partial charge on any atom is 0.0701 e. The minimum Gasteiger partial charge on any atom is -0.329 e. The molecular weight excluding hydrogens is 260 g/mol. The Kier molecular flexibility index (Phi) is 3.60. The molecule has 4 heteroatoms. The van der Waals surface area contributed by atoms with Gasteiger partial charge >= 0.3 is 0 Å². The molecular formula is C10H15BrN2S. The van der Waals surface area contributed by atoms with Gasteiger partial charge in [-0.2, -0.15) is 0 Å². The Morgan fingerprint density at radius 3 is 3.07 bits per heavy atom. The standard InChI is InChI=1S/C10H15BrN2S/c11-10-4-3-9(14-10)7-13-5-1-2-8(13)6-12/h3-4,8H,1-2,5-7,12H2. The van der Waals surface area contributed by atoms with Crippen molar-refractivity contribution in [3.63, 3.8) is 0 Å². The molecule has 0 aromatic carbocycles. The molecule has 0 saturated carbocycles. The van der Waals surface area contributed by atoms with E-state index in [1.807, 2.05) is 11.3 Å². The van der Waals surface area contributed by atoms with Gasteiger partial charge in [0.25, 0.3) is 0 Å². The maximum absolute atomic E-state index is 5.74. The molecule has 1 fully saturated rings. The molecule has 1 aromatic heterocycles. The number of halogens is 1. The van der Waals surface area contributed by atoms with E-state index in [1.165, 1.54) is 28.0 Å². The van der Waals surface area contributed by atoms with Gasteiger partial charge in [-0.15, -0.1) is 11.3 Å². The van der Waals surface area contributed by atoms with E-state index in [4.69, 9.17) is 5.73 Å². The van der Waals surface area contributed by atoms with Crippen molar-refractivity contribution in [3.05, 3.63) is 20.8 Å². The van der Waals surface area contributed by atoms with Crippen molar-refractivity contribution in [2.45, 2.75) is 25.4 Å². The van der Waals surface area contributed by atoms with Crippen LogP contribution < -0.4 is 5.73 Å². The van der Waals surface area contributed by atoms with Gasteiger partial charge in [0.15, 0.2) is 0 Å². The molecule has 78 valence electrons. The molecule has 1 saturated heterocycles. The monoisotopic (exact) mass is 274 g/mol. The molecule has 0 amide bonds. The first-order valence-electron chi connectivity index (χ1n) is 4.98. The zero-order valence-electron chi connectivity index (χ0n) is 8.08. The molecule has 0 radical (unpaired) electrons. The lowest BCUT2D eigenvalue weighted by molar-refractivity contribution is 0.252. The van der Waals surface area contributed by atoms with Gasteiger partial charge in [-0.25, -0.2) is 0 Å². The third kappa shape index (κ3) is 2.37. The molecule has 1 atom stereocenters. The van der Waals surface area contributed by atoms with Gasteiger partial charge in [-0.1, -0.05) is 0 Å². The average Bonchev–Trinajstić information content (AvgIpc) is 2.76. The number of thiophene rings is 1. The molecule has 1 aromatic rings. The number of hydrogen-bond acceptors (Lipinski definition) is 3. The summed E-state index contributed by atoms with van der Waals surface area (Å²) in [5, 5.41) is 0. The highest BCUT2D eigenvalue weighted by Crippen LogP contribution is 2.26. The molecule has 0 bridgehead atoms. The summed E-state index contributed by atoms with van der Waals surface area (Å²) in [7, 11) is 0. The highest BCUT2D eigenvalue weighted by molar-refractivity contribution is 9.11. The third-order valence-corrected chi connectivity index (χ3v) is 4.37. The van der Waals surface area contributed by atoms with E-state index in [0.717, 1.165) is 13.1 Å². The zero-order chi connectivity index (χ0) is 9.97. The fraction of sp³-hybridized carbons (Fsp3) is 0.600. The predicted octanol–water partition coefficient (Wildman–Crippen LogP) is 2.43. The minimum atomic E-state index is 0.607. The Balaban J connectivity index is 1.96. The lowest BCUT2D eigenvalue weighted by Gasteiger charge is -2.22. The van der Waals surface area contributed by atoms with E-state index in [2.05, 4.69) is 33.0 Å². The normalized spacial score (nSPS) is 23.1. The number of nitrogens with zero attached hydrogens (tertiary/aromatic N) is 1. The molecule has 1 aliphatic heterocycles. The summed E-state index contributed by atoms with van der Waals surface area (Å²) in [6.07, 6.45) is 2.57. The highest BCUT2D eigenvalue weighted by atomic mass is 79.9. The molecule has 1 aliphatic rings. The number of rotatable bonds is 3. The van der Waals surface area contributed by atoms with Crippen LogP contribution >= 0.6 is 27.3 Å². The molecule has 0 aliphatic carbocycles. The lowest BCUT2D eigenvalue weighted by atomic mass is 10.2. The predicted molar refractivity (Wildman–Crippen MR) is 64.5 cm³/mol. The fourth-order valence-electron chi connectivity index (χ4n) is 2.01. The van der Waals surface area contributed by atoms with Gasteiger partial charge < -0.3 is 5.73 Å². The summed E-state index contributed by atoms with van der Waals surface area (Å²) in [5.74, 6) is 0. The maximum atomic E-state index is 5.74. The zero-order valence-corrected chi connectivity index (χ0v) is 10.5. The van der Waals surface area contributed by atoms with Crippen LogP contribution in [0.15, 0.2) is 15.9 Å². The van der Waals surface area contributed by atoms with Crippen molar-refractivity contribution in [1.29, 1.82) is 0 Å². The van der Waals surface area contributed by atoms with E-state index in [0.29, 0.717) is 6.04 Å². The summed E-state index contributed by atoms with van der Waals surface area (Å²) in [4.78, 5) is 3.93. The summed E-state index contributed by atoms with van der Waals surface area (Å²) < 4.78 is 1.22. The fourth-order valence-corrected chi connectivity index (χ4v) is 3.52. The molecule has 2 N–H and O–H groups in total.